The van der Waals surface area contributed by atoms with Crippen molar-refractivity contribution in [3.05, 3.63) is 5.82 Å². The molecular weight excluding hydrogens is 220 g/mol. The summed E-state index contributed by atoms with van der Waals surface area (Å²) in [5, 5.41) is 4.28. The largest absolute Gasteiger partial charge is 0.346 e. The van der Waals surface area contributed by atoms with E-state index >= 15 is 0 Å². The molecule has 0 aromatic carbocycles. The molecule has 0 radical (unpaired) electrons. The summed E-state index contributed by atoms with van der Waals surface area (Å²) in [4.78, 5) is 6.98. The number of anilines is 1. The van der Waals surface area contributed by atoms with Gasteiger partial charge >= 0.3 is 0 Å². The molecule has 1 aromatic heterocycles. The number of aromatic nitrogens is 2. The Morgan fingerprint density at radius 2 is 2.25 bits per heavy atom. The van der Waals surface area contributed by atoms with Crippen molar-refractivity contribution in [1.29, 1.82) is 0 Å². The van der Waals surface area contributed by atoms with Crippen molar-refractivity contribution in [3.8, 4) is 0 Å². The molecule has 1 aromatic rings. The van der Waals surface area contributed by atoms with Crippen LogP contribution < -0.4 is 10.2 Å². The van der Waals surface area contributed by atoms with Crippen LogP contribution in [-0.2, 0) is 0 Å². The Kier molecular flexibility index (Phi) is 4.12. The van der Waals surface area contributed by atoms with Crippen molar-refractivity contribution in [3.63, 3.8) is 0 Å². The molecule has 0 spiro atoms. The summed E-state index contributed by atoms with van der Waals surface area (Å²) in [5.41, 5.74) is 0. The Morgan fingerprint density at radius 1 is 1.44 bits per heavy atom. The van der Waals surface area contributed by atoms with E-state index in [2.05, 4.69) is 26.5 Å². The van der Waals surface area contributed by atoms with Gasteiger partial charge in [0.25, 0.3) is 0 Å². The predicted molar refractivity (Wildman–Crippen MR) is 68.3 cm³/mol. The summed E-state index contributed by atoms with van der Waals surface area (Å²) in [6.07, 6.45) is 3.71. The maximum Gasteiger partial charge on any atom is 0.205 e. The molecule has 1 heterocycles. The molecule has 2 rings (SSSR count). The lowest BCUT2D eigenvalue weighted by molar-refractivity contribution is 0.706. The standard InChI is InChI=1S/C11H20N4S/c1-3-7-15(8-6-12-2)11-13-10(14-16-11)9-4-5-9/h9,12H,3-8H2,1-2H3. The molecule has 1 fully saturated rings. The van der Waals surface area contributed by atoms with Crippen LogP contribution in [0.1, 0.15) is 37.9 Å². The molecule has 1 N–H and O–H groups in total. The number of hydrogen-bond acceptors (Lipinski definition) is 5. The molecule has 0 amide bonds. The first-order chi connectivity index (χ1) is 7.85. The van der Waals surface area contributed by atoms with Gasteiger partial charge in [-0.15, -0.1) is 0 Å². The normalized spacial score (nSPS) is 15.4. The second-order valence-electron chi connectivity index (χ2n) is 4.30. The smallest absolute Gasteiger partial charge is 0.205 e. The monoisotopic (exact) mass is 240 g/mol. The molecule has 0 saturated heterocycles. The highest BCUT2D eigenvalue weighted by atomic mass is 32.1. The first-order valence-corrected chi connectivity index (χ1v) is 6.85. The van der Waals surface area contributed by atoms with E-state index in [4.69, 9.17) is 0 Å². The minimum absolute atomic E-state index is 0.665. The van der Waals surface area contributed by atoms with Crippen LogP contribution in [0.5, 0.6) is 0 Å². The summed E-state index contributed by atoms with van der Waals surface area (Å²) in [7, 11) is 1.99. The highest BCUT2D eigenvalue weighted by Gasteiger charge is 2.28. The van der Waals surface area contributed by atoms with Crippen molar-refractivity contribution >= 4 is 16.7 Å². The van der Waals surface area contributed by atoms with Gasteiger partial charge in [0.05, 0.1) is 0 Å². The molecule has 1 aliphatic carbocycles. The van der Waals surface area contributed by atoms with Crippen molar-refractivity contribution < 1.29 is 0 Å². The highest BCUT2D eigenvalue weighted by molar-refractivity contribution is 7.09. The van der Waals surface area contributed by atoms with E-state index in [1.807, 2.05) is 7.05 Å². The fraction of sp³-hybridized carbons (Fsp3) is 0.818. The van der Waals surface area contributed by atoms with Crippen LogP contribution in [0.15, 0.2) is 0 Å². The van der Waals surface area contributed by atoms with Crippen molar-refractivity contribution in [2.45, 2.75) is 32.1 Å². The Hall–Kier alpha value is -0.680. The summed E-state index contributed by atoms with van der Waals surface area (Å²) >= 11 is 1.55. The summed E-state index contributed by atoms with van der Waals surface area (Å²) in [6.45, 7) is 5.29. The predicted octanol–water partition coefficient (Wildman–Crippen LogP) is 1.85. The first-order valence-electron chi connectivity index (χ1n) is 6.08. The molecule has 0 atom stereocenters. The quantitative estimate of drug-likeness (QED) is 0.790. The summed E-state index contributed by atoms with van der Waals surface area (Å²) < 4.78 is 4.46. The zero-order valence-corrected chi connectivity index (χ0v) is 10.9. The molecule has 0 bridgehead atoms. The van der Waals surface area contributed by atoms with Gasteiger partial charge in [-0.25, -0.2) is 4.98 Å². The van der Waals surface area contributed by atoms with Gasteiger partial charge < -0.3 is 10.2 Å². The van der Waals surface area contributed by atoms with E-state index in [1.165, 1.54) is 12.8 Å². The minimum Gasteiger partial charge on any atom is -0.346 e. The molecule has 0 unspecified atom stereocenters. The fourth-order valence-electron chi connectivity index (χ4n) is 1.68. The first kappa shape index (κ1) is 11.8. The number of hydrogen-bond donors (Lipinski definition) is 1. The number of nitrogens with zero attached hydrogens (tertiary/aromatic N) is 3. The highest BCUT2D eigenvalue weighted by Crippen LogP contribution is 2.39. The third-order valence-corrected chi connectivity index (χ3v) is 3.56. The lowest BCUT2D eigenvalue weighted by Gasteiger charge is -2.20. The van der Waals surface area contributed by atoms with Gasteiger partial charge in [0, 0.05) is 37.1 Å². The van der Waals surface area contributed by atoms with Crippen LogP contribution in [0.3, 0.4) is 0 Å². The lowest BCUT2D eigenvalue weighted by Crippen LogP contribution is -2.31. The van der Waals surface area contributed by atoms with Gasteiger partial charge in [-0.05, 0) is 26.3 Å². The molecular formula is C11H20N4S. The van der Waals surface area contributed by atoms with E-state index in [0.29, 0.717) is 5.92 Å². The van der Waals surface area contributed by atoms with E-state index < -0.39 is 0 Å². The van der Waals surface area contributed by atoms with Crippen LogP contribution in [0.2, 0.25) is 0 Å². The van der Waals surface area contributed by atoms with Crippen LogP contribution in [-0.4, -0.2) is 36.0 Å². The van der Waals surface area contributed by atoms with Crippen molar-refractivity contribution in [2.75, 3.05) is 31.6 Å². The molecule has 0 aliphatic heterocycles. The lowest BCUT2D eigenvalue weighted by atomic mass is 10.4. The van der Waals surface area contributed by atoms with Gasteiger partial charge in [-0.2, -0.15) is 4.37 Å². The van der Waals surface area contributed by atoms with Gasteiger partial charge in [-0.3, -0.25) is 0 Å². The van der Waals surface area contributed by atoms with E-state index in [-0.39, 0.29) is 0 Å². The van der Waals surface area contributed by atoms with E-state index in [1.54, 1.807) is 11.5 Å². The summed E-state index contributed by atoms with van der Waals surface area (Å²) in [6, 6.07) is 0. The van der Waals surface area contributed by atoms with Gasteiger partial charge in [0.1, 0.15) is 5.82 Å². The molecule has 16 heavy (non-hydrogen) atoms. The van der Waals surface area contributed by atoms with Crippen molar-refractivity contribution in [2.24, 2.45) is 0 Å². The maximum absolute atomic E-state index is 4.65. The van der Waals surface area contributed by atoms with Crippen LogP contribution in [0.4, 0.5) is 5.13 Å². The van der Waals surface area contributed by atoms with Crippen LogP contribution in [0.25, 0.3) is 0 Å². The minimum atomic E-state index is 0.665. The third kappa shape index (κ3) is 2.92. The van der Waals surface area contributed by atoms with Crippen LogP contribution >= 0.6 is 11.5 Å². The molecule has 1 saturated carbocycles. The van der Waals surface area contributed by atoms with Gasteiger partial charge in [-0.1, -0.05) is 6.92 Å². The second kappa shape index (κ2) is 5.59. The van der Waals surface area contributed by atoms with E-state index in [0.717, 1.165) is 37.0 Å². The Balaban J connectivity index is 1.98. The number of likely N-dealkylation sites (N-methyl/N-ethyl adjacent to an activating group) is 1. The topological polar surface area (TPSA) is 41.0 Å². The Bertz CT molecular complexity index is 322. The average Bonchev–Trinajstić information content (AvgIpc) is 3.03. The SMILES string of the molecule is CCCN(CCNC)c1nc(C2CC2)ns1. The number of rotatable bonds is 7. The summed E-state index contributed by atoms with van der Waals surface area (Å²) in [5.74, 6) is 1.74. The zero-order chi connectivity index (χ0) is 11.4. The Labute approximate surface area is 101 Å². The van der Waals surface area contributed by atoms with E-state index in [9.17, 15) is 0 Å². The van der Waals surface area contributed by atoms with Gasteiger partial charge in [0.15, 0.2) is 0 Å². The van der Waals surface area contributed by atoms with Gasteiger partial charge in [0.2, 0.25) is 5.13 Å². The number of nitrogens with one attached hydrogen (secondary N) is 1. The molecule has 1 aliphatic rings. The molecule has 4 nitrogen and oxygen atoms in total. The second-order valence-corrected chi connectivity index (χ2v) is 5.03. The average molecular weight is 240 g/mol. The van der Waals surface area contributed by atoms with Crippen LogP contribution in [0, 0.1) is 0 Å². The molecule has 5 heteroatoms. The maximum atomic E-state index is 4.65. The fourth-order valence-corrected chi connectivity index (χ4v) is 2.48. The van der Waals surface area contributed by atoms with Crippen molar-refractivity contribution in [1.82, 2.24) is 14.7 Å². The molecule has 90 valence electrons. The third-order valence-electron chi connectivity index (χ3n) is 2.77. The zero-order valence-electron chi connectivity index (χ0n) is 10.1. The Morgan fingerprint density at radius 3 is 2.88 bits per heavy atom.